The average molecular weight is 337 g/mol. The molecular formula is C15H13F2N3O4. The summed E-state index contributed by atoms with van der Waals surface area (Å²) in [4.78, 5) is 19.0. The van der Waals surface area contributed by atoms with Crippen molar-refractivity contribution in [2.45, 2.75) is 19.6 Å². The predicted molar refractivity (Wildman–Crippen MR) is 79.0 cm³/mol. The van der Waals surface area contributed by atoms with E-state index in [2.05, 4.69) is 19.9 Å². The lowest BCUT2D eigenvalue weighted by Crippen LogP contribution is -2.12. The molecule has 1 aromatic carbocycles. The number of rotatable bonds is 6. The van der Waals surface area contributed by atoms with E-state index in [1.807, 2.05) is 0 Å². The van der Waals surface area contributed by atoms with Gasteiger partial charge in [-0.3, -0.25) is 4.79 Å². The van der Waals surface area contributed by atoms with Gasteiger partial charge in [0, 0.05) is 19.2 Å². The summed E-state index contributed by atoms with van der Waals surface area (Å²) in [7, 11) is 1.53. The second-order valence-corrected chi connectivity index (χ2v) is 4.96. The first kappa shape index (κ1) is 16.1. The van der Waals surface area contributed by atoms with Gasteiger partial charge >= 0.3 is 6.61 Å². The van der Waals surface area contributed by atoms with Crippen LogP contribution in [-0.4, -0.2) is 28.8 Å². The van der Waals surface area contributed by atoms with E-state index in [9.17, 15) is 13.6 Å². The van der Waals surface area contributed by atoms with Gasteiger partial charge in [-0.1, -0.05) is 5.16 Å². The molecule has 126 valence electrons. The Labute approximate surface area is 134 Å². The average Bonchev–Trinajstić information content (AvgIpc) is 2.94. The minimum atomic E-state index is -2.95. The minimum absolute atomic E-state index is 0.0645. The molecule has 0 radical (unpaired) electrons. The number of benzene rings is 1. The molecule has 2 aromatic heterocycles. The third kappa shape index (κ3) is 3.57. The Morgan fingerprint density at radius 2 is 2.17 bits per heavy atom. The molecule has 0 atom stereocenters. The number of nitrogens with one attached hydrogen (secondary N) is 1. The lowest BCUT2D eigenvalue weighted by atomic mass is 10.2. The molecule has 0 unspecified atom stereocenters. The highest BCUT2D eigenvalue weighted by Crippen LogP contribution is 2.19. The summed E-state index contributed by atoms with van der Waals surface area (Å²) in [5.41, 5.74) is 0.441. The number of H-pyrrole nitrogens is 1. The van der Waals surface area contributed by atoms with Gasteiger partial charge in [-0.15, -0.1) is 0 Å². The first-order valence-electron chi connectivity index (χ1n) is 6.96. The molecule has 0 bridgehead atoms. The van der Waals surface area contributed by atoms with E-state index in [4.69, 9.17) is 9.26 Å². The summed E-state index contributed by atoms with van der Waals surface area (Å²) in [5.74, 6) is 0.813. The number of methoxy groups -OCH3 is 1. The molecule has 7 nitrogen and oxygen atoms in total. The van der Waals surface area contributed by atoms with Crippen molar-refractivity contribution < 1.29 is 22.8 Å². The summed E-state index contributed by atoms with van der Waals surface area (Å²) in [6, 6.07) is 5.65. The first-order chi connectivity index (χ1) is 11.5. The van der Waals surface area contributed by atoms with E-state index in [1.54, 1.807) is 6.07 Å². The fraction of sp³-hybridized carbons (Fsp3) is 0.267. The van der Waals surface area contributed by atoms with E-state index in [0.717, 1.165) is 0 Å². The zero-order valence-electron chi connectivity index (χ0n) is 12.6. The van der Waals surface area contributed by atoms with Crippen LogP contribution in [-0.2, 0) is 17.8 Å². The van der Waals surface area contributed by atoms with Crippen LogP contribution in [0.25, 0.3) is 10.9 Å². The van der Waals surface area contributed by atoms with Crippen molar-refractivity contribution in [2.75, 3.05) is 7.11 Å². The van der Waals surface area contributed by atoms with Gasteiger partial charge in [0.05, 0.1) is 23.0 Å². The molecule has 0 saturated heterocycles. The maximum atomic E-state index is 12.3. The van der Waals surface area contributed by atoms with Gasteiger partial charge < -0.3 is 19.0 Å². The molecule has 1 N–H and O–H groups in total. The summed E-state index contributed by atoms with van der Waals surface area (Å²) < 4.78 is 38.9. The van der Waals surface area contributed by atoms with Crippen molar-refractivity contribution >= 4 is 10.9 Å². The Bertz CT molecular complexity index is 907. The summed E-state index contributed by atoms with van der Waals surface area (Å²) in [5, 5.41) is 4.13. The Hall–Kier alpha value is -2.81. The van der Waals surface area contributed by atoms with Crippen LogP contribution in [0.15, 0.2) is 33.6 Å². The lowest BCUT2D eigenvalue weighted by Gasteiger charge is -2.06. The maximum absolute atomic E-state index is 12.3. The van der Waals surface area contributed by atoms with E-state index in [0.29, 0.717) is 17.3 Å². The molecule has 0 amide bonds. The number of fused-ring (bicyclic) bond motifs is 1. The number of ether oxygens (including phenoxy) is 2. The molecule has 24 heavy (non-hydrogen) atoms. The number of nitrogens with zero attached hydrogens (tertiary/aromatic N) is 2. The molecule has 0 spiro atoms. The molecule has 3 rings (SSSR count). The lowest BCUT2D eigenvalue weighted by molar-refractivity contribution is -0.0497. The largest absolute Gasteiger partial charge is 0.435 e. The number of halogens is 2. The van der Waals surface area contributed by atoms with Gasteiger partial charge in [-0.25, -0.2) is 4.98 Å². The van der Waals surface area contributed by atoms with Gasteiger partial charge in [-0.05, 0) is 12.1 Å². The van der Waals surface area contributed by atoms with E-state index < -0.39 is 6.61 Å². The van der Waals surface area contributed by atoms with Crippen LogP contribution in [0.5, 0.6) is 5.75 Å². The van der Waals surface area contributed by atoms with Crippen molar-refractivity contribution in [2.24, 2.45) is 0 Å². The number of hydrogen-bond donors (Lipinski definition) is 1. The second kappa shape index (κ2) is 6.75. The molecule has 3 aromatic rings. The predicted octanol–water partition coefficient (Wildman–Crippen LogP) is 2.25. The number of aromatic nitrogens is 3. The maximum Gasteiger partial charge on any atom is 0.387 e. The number of alkyl halides is 2. The summed E-state index contributed by atoms with van der Waals surface area (Å²) in [6.07, 6.45) is 0.221. The van der Waals surface area contributed by atoms with Gasteiger partial charge in [0.25, 0.3) is 5.56 Å². The third-order valence-corrected chi connectivity index (χ3v) is 3.20. The molecule has 0 aliphatic carbocycles. The molecule has 0 aliphatic heterocycles. The van der Waals surface area contributed by atoms with Crippen molar-refractivity contribution in [3.63, 3.8) is 0 Å². The Kier molecular flexibility index (Phi) is 4.52. The summed E-state index contributed by atoms with van der Waals surface area (Å²) >= 11 is 0. The quantitative estimate of drug-likeness (QED) is 0.742. The first-order valence-corrected chi connectivity index (χ1v) is 6.96. The monoisotopic (exact) mass is 337 g/mol. The standard InChI is InChI=1S/C15H13F2N3O4/c1-22-7-10-4-8(20-24-10)5-13-18-12-6-9(23-15(16)17)2-3-11(12)14(21)19-13/h2-4,6,15H,5,7H2,1H3,(H,18,19,21). The van der Waals surface area contributed by atoms with Crippen LogP contribution in [0, 0.1) is 0 Å². The molecular weight excluding hydrogens is 324 g/mol. The molecule has 0 fully saturated rings. The molecule has 0 saturated carbocycles. The minimum Gasteiger partial charge on any atom is -0.435 e. The second-order valence-electron chi connectivity index (χ2n) is 4.96. The fourth-order valence-electron chi connectivity index (χ4n) is 2.25. The highest BCUT2D eigenvalue weighted by atomic mass is 19.3. The van der Waals surface area contributed by atoms with Crippen LogP contribution >= 0.6 is 0 Å². The molecule has 9 heteroatoms. The van der Waals surface area contributed by atoms with Crippen molar-refractivity contribution in [1.29, 1.82) is 0 Å². The highest BCUT2D eigenvalue weighted by molar-refractivity contribution is 5.79. The Morgan fingerprint density at radius 3 is 2.92 bits per heavy atom. The van der Waals surface area contributed by atoms with Gasteiger partial charge in [-0.2, -0.15) is 8.78 Å². The fourth-order valence-corrected chi connectivity index (χ4v) is 2.25. The van der Waals surface area contributed by atoms with E-state index in [1.165, 1.54) is 25.3 Å². The number of hydrogen-bond acceptors (Lipinski definition) is 6. The van der Waals surface area contributed by atoms with Gasteiger partial charge in [0.1, 0.15) is 18.2 Å². The van der Waals surface area contributed by atoms with Crippen molar-refractivity contribution in [3.05, 3.63) is 51.9 Å². The van der Waals surface area contributed by atoms with Crippen LogP contribution in [0.2, 0.25) is 0 Å². The topological polar surface area (TPSA) is 90.2 Å². The molecule has 0 aliphatic rings. The molecule has 2 heterocycles. The van der Waals surface area contributed by atoms with E-state index in [-0.39, 0.29) is 35.2 Å². The Balaban J connectivity index is 1.91. The number of aromatic amines is 1. The smallest absolute Gasteiger partial charge is 0.387 e. The van der Waals surface area contributed by atoms with Gasteiger partial charge in [0.2, 0.25) is 0 Å². The Morgan fingerprint density at radius 1 is 1.33 bits per heavy atom. The summed E-state index contributed by atoms with van der Waals surface area (Å²) in [6.45, 7) is -2.67. The third-order valence-electron chi connectivity index (χ3n) is 3.20. The van der Waals surface area contributed by atoms with E-state index >= 15 is 0 Å². The SMILES string of the molecule is COCc1cc(Cc2nc3cc(OC(F)F)ccc3c(=O)[nH]2)no1. The van der Waals surface area contributed by atoms with Crippen LogP contribution in [0.1, 0.15) is 17.3 Å². The highest BCUT2D eigenvalue weighted by Gasteiger charge is 2.11. The zero-order chi connectivity index (χ0) is 17.1. The normalized spacial score (nSPS) is 11.3. The van der Waals surface area contributed by atoms with Crippen LogP contribution in [0.3, 0.4) is 0 Å². The van der Waals surface area contributed by atoms with Gasteiger partial charge in [0.15, 0.2) is 5.76 Å². The van der Waals surface area contributed by atoms with Crippen molar-refractivity contribution in [3.8, 4) is 5.75 Å². The zero-order valence-corrected chi connectivity index (χ0v) is 12.6. The van der Waals surface area contributed by atoms with Crippen LogP contribution < -0.4 is 10.3 Å². The van der Waals surface area contributed by atoms with Crippen molar-refractivity contribution in [1.82, 2.24) is 15.1 Å². The van der Waals surface area contributed by atoms with Crippen LogP contribution in [0.4, 0.5) is 8.78 Å².